The number of nitrogens with zero attached hydrogens (tertiary/aromatic N) is 3. The number of hydrogen-bond acceptors (Lipinski definition) is 3. The third kappa shape index (κ3) is 6.60. The van der Waals surface area contributed by atoms with Gasteiger partial charge in [0.1, 0.15) is 0 Å². The highest BCUT2D eigenvalue weighted by Crippen LogP contribution is 2.34. The molecule has 3 aromatic rings. The van der Waals surface area contributed by atoms with Gasteiger partial charge in [-0.15, -0.1) is 0 Å². The first-order chi connectivity index (χ1) is 16.6. The molecule has 1 N–H and O–H groups in total. The fourth-order valence-corrected chi connectivity index (χ4v) is 4.39. The second-order valence-electron chi connectivity index (χ2n) is 9.73. The Hall–Kier alpha value is -3.85. The molecule has 35 heavy (non-hydrogen) atoms. The number of aromatic nitrogens is 1. The van der Waals surface area contributed by atoms with Crippen LogP contribution < -0.4 is 5.56 Å². The lowest BCUT2D eigenvalue weighted by molar-refractivity contribution is 0.125. The van der Waals surface area contributed by atoms with Crippen molar-refractivity contribution in [3.8, 4) is 17.2 Å². The molecule has 0 spiro atoms. The highest BCUT2D eigenvalue weighted by Gasteiger charge is 2.27. The van der Waals surface area contributed by atoms with Crippen molar-refractivity contribution in [3.05, 3.63) is 94.4 Å². The minimum Gasteiger partial charge on any atom is -0.465 e. The summed E-state index contributed by atoms with van der Waals surface area (Å²) >= 11 is 0. The minimum absolute atomic E-state index is 0.0722. The minimum atomic E-state index is -0.973. The Morgan fingerprint density at radius 1 is 1.06 bits per heavy atom. The molecule has 6 heteroatoms. The Labute approximate surface area is 207 Å². The third-order valence-corrected chi connectivity index (χ3v) is 6.59. The van der Waals surface area contributed by atoms with Crippen LogP contribution in [0.2, 0.25) is 0 Å². The SMILES string of the molecule is C[C@@H](c1ccc(-c2ccn(C)c(=O)c2)cc1)N(CC[C@H](CC(C)(C)C#N)c1ccccc1)C(=O)O. The Morgan fingerprint density at radius 2 is 1.71 bits per heavy atom. The van der Waals surface area contributed by atoms with Gasteiger partial charge >= 0.3 is 6.09 Å². The van der Waals surface area contributed by atoms with Gasteiger partial charge in [-0.2, -0.15) is 5.26 Å². The summed E-state index contributed by atoms with van der Waals surface area (Å²) in [7, 11) is 1.71. The molecule has 0 saturated carbocycles. The van der Waals surface area contributed by atoms with E-state index in [4.69, 9.17) is 0 Å². The van der Waals surface area contributed by atoms with E-state index in [1.54, 1.807) is 19.3 Å². The van der Waals surface area contributed by atoms with Crippen molar-refractivity contribution in [2.45, 2.75) is 45.6 Å². The van der Waals surface area contributed by atoms with Gasteiger partial charge in [-0.25, -0.2) is 4.79 Å². The monoisotopic (exact) mass is 471 g/mol. The number of benzene rings is 2. The standard InChI is InChI=1S/C29H33N3O3/c1-21(22-10-12-24(13-11-22)25-14-16-31(4)27(33)18-25)32(28(34)35)17-15-26(19-29(2,3)20-30)23-8-6-5-7-9-23/h5-14,16,18,21,26H,15,17,19H2,1-4H3,(H,34,35)/t21-,26+/m0/s1. The molecular weight excluding hydrogens is 438 g/mol. The van der Waals surface area contributed by atoms with Gasteiger partial charge in [0.25, 0.3) is 5.56 Å². The first-order valence-electron chi connectivity index (χ1n) is 11.8. The van der Waals surface area contributed by atoms with Crippen molar-refractivity contribution >= 4 is 6.09 Å². The molecule has 0 aliphatic rings. The quantitative estimate of drug-likeness (QED) is 0.402. The normalized spacial score (nSPS) is 13.0. The predicted octanol–water partition coefficient (Wildman–Crippen LogP) is 6.21. The molecule has 0 fully saturated rings. The van der Waals surface area contributed by atoms with Gasteiger partial charge in [-0.3, -0.25) is 4.79 Å². The molecule has 3 rings (SSSR count). The van der Waals surface area contributed by atoms with Crippen LogP contribution >= 0.6 is 0 Å². The van der Waals surface area contributed by atoms with Crippen LogP contribution in [0.4, 0.5) is 4.79 Å². The Kier molecular flexibility index (Phi) is 8.14. The van der Waals surface area contributed by atoms with Gasteiger partial charge in [0.2, 0.25) is 0 Å². The molecule has 2 aromatic carbocycles. The highest BCUT2D eigenvalue weighted by molar-refractivity contribution is 5.66. The van der Waals surface area contributed by atoms with E-state index in [9.17, 15) is 20.0 Å². The number of aryl methyl sites for hydroxylation is 1. The van der Waals surface area contributed by atoms with Gasteiger partial charge in [-0.1, -0.05) is 54.6 Å². The van der Waals surface area contributed by atoms with Gasteiger partial charge in [0, 0.05) is 25.9 Å². The summed E-state index contributed by atoms with van der Waals surface area (Å²) in [6.45, 7) is 6.08. The molecule has 1 heterocycles. The van der Waals surface area contributed by atoms with Gasteiger partial charge < -0.3 is 14.6 Å². The second kappa shape index (κ2) is 11.1. The summed E-state index contributed by atoms with van der Waals surface area (Å²) in [5.41, 5.74) is 3.15. The number of pyridine rings is 1. The Morgan fingerprint density at radius 3 is 2.29 bits per heavy atom. The van der Waals surface area contributed by atoms with E-state index in [-0.39, 0.29) is 17.5 Å². The lowest BCUT2D eigenvalue weighted by Crippen LogP contribution is -2.34. The van der Waals surface area contributed by atoms with Crippen LogP contribution in [0, 0.1) is 16.7 Å². The van der Waals surface area contributed by atoms with Crippen molar-refractivity contribution in [1.29, 1.82) is 5.26 Å². The van der Waals surface area contributed by atoms with Crippen molar-refractivity contribution in [2.75, 3.05) is 6.54 Å². The molecule has 0 unspecified atom stereocenters. The van der Waals surface area contributed by atoms with E-state index in [1.807, 2.05) is 81.4 Å². The first kappa shape index (κ1) is 25.8. The first-order valence-corrected chi connectivity index (χ1v) is 11.8. The second-order valence-corrected chi connectivity index (χ2v) is 9.73. The molecule has 0 saturated heterocycles. The van der Waals surface area contributed by atoms with Crippen LogP contribution in [0.25, 0.3) is 11.1 Å². The maximum absolute atomic E-state index is 12.2. The van der Waals surface area contributed by atoms with Crippen LogP contribution in [-0.2, 0) is 7.05 Å². The zero-order valence-corrected chi connectivity index (χ0v) is 20.8. The maximum Gasteiger partial charge on any atom is 0.407 e. The lowest BCUT2D eigenvalue weighted by atomic mass is 9.79. The largest absolute Gasteiger partial charge is 0.465 e. The molecule has 1 aromatic heterocycles. The number of hydrogen-bond donors (Lipinski definition) is 1. The average molecular weight is 472 g/mol. The molecule has 6 nitrogen and oxygen atoms in total. The summed E-state index contributed by atoms with van der Waals surface area (Å²) in [6, 6.07) is 23.2. The van der Waals surface area contributed by atoms with Crippen molar-refractivity contribution in [2.24, 2.45) is 12.5 Å². The summed E-state index contributed by atoms with van der Waals surface area (Å²) in [4.78, 5) is 25.6. The smallest absolute Gasteiger partial charge is 0.407 e. The number of nitriles is 1. The number of amides is 1. The van der Waals surface area contributed by atoms with Crippen LogP contribution in [0.3, 0.4) is 0 Å². The highest BCUT2D eigenvalue weighted by atomic mass is 16.4. The molecule has 182 valence electrons. The summed E-state index contributed by atoms with van der Waals surface area (Å²) in [5, 5.41) is 19.5. The third-order valence-electron chi connectivity index (χ3n) is 6.59. The van der Waals surface area contributed by atoms with Crippen molar-refractivity contribution < 1.29 is 9.90 Å². The van der Waals surface area contributed by atoms with Crippen molar-refractivity contribution in [3.63, 3.8) is 0 Å². The summed E-state index contributed by atoms with van der Waals surface area (Å²) in [6.07, 6.45) is 2.04. The van der Waals surface area contributed by atoms with E-state index < -0.39 is 11.5 Å². The molecular formula is C29H33N3O3. The zero-order valence-electron chi connectivity index (χ0n) is 20.8. The molecule has 0 radical (unpaired) electrons. The van der Waals surface area contributed by atoms with E-state index in [1.165, 1.54) is 9.47 Å². The molecule has 0 aliphatic carbocycles. The Balaban J connectivity index is 1.78. The summed E-state index contributed by atoms with van der Waals surface area (Å²) in [5.74, 6) is 0.0722. The molecule has 2 atom stereocenters. The van der Waals surface area contributed by atoms with Crippen LogP contribution in [0.1, 0.15) is 56.7 Å². The summed E-state index contributed by atoms with van der Waals surface area (Å²) < 4.78 is 1.52. The van der Waals surface area contributed by atoms with Crippen LogP contribution in [-0.4, -0.2) is 27.2 Å². The predicted molar refractivity (Wildman–Crippen MR) is 138 cm³/mol. The van der Waals surface area contributed by atoms with Crippen LogP contribution in [0.15, 0.2) is 77.7 Å². The van der Waals surface area contributed by atoms with E-state index >= 15 is 0 Å². The number of rotatable bonds is 9. The van der Waals surface area contributed by atoms with E-state index in [2.05, 4.69) is 6.07 Å². The maximum atomic E-state index is 12.2. The Bertz CT molecular complexity index is 1240. The topological polar surface area (TPSA) is 86.3 Å². The molecule has 0 bridgehead atoms. The lowest BCUT2D eigenvalue weighted by Gasteiger charge is -2.30. The number of carbonyl (C=O) groups is 1. The number of carboxylic acid groups (broad SMARTS) is 1. The van der Waals surface area contributed by atoms with Crippen molar-refractivity contribution in [1.82, 2.24) is 9.47 Å². The molecule has 1 amide bonds. The van der Waals surface area contributed by atoms with E-state index in [0.717, 1.165) is 22.3 Å². The average Bonchev–Trinajstić information content (AvgIpc) is 2.85. The van der Waals surface area contributed by atoms with Gasteiger partial charge in [-0.05, 0) is 67.9 Å². The van der Waals surface area contributed by atoms with Crippen LogP contribution in [0.5, 0.6) is 0 Å². The van der Waals surface area contributed by atoms with Gasteiger partial charge in [0.05, 0.1) is 17.5 Å². The zero-order chi connectivity index (χ0) is 25.6. The fourth-order valence-electron chi connectivity index (χ4n) is 4.39. The van der Waals surface area contributed by atoms with E-state index in [0.29, 0.717) is 19.4 Å². The van der Waals surface area contributed by atoms with Gasteiger partial charge in [0.15, 0.2) is 0 Å². The molecule has 0 aliphatic heterocycles. The fraction of sp³-hybridized carbons (Fsp3) is 0.345.